The molecule has 0 spiro atoms. The lowest BCUT2D eigenvalue weighted by Gasteiger charge is -2.25. The molecule has 2 aliphatic rings. The summed E-state index contributed by atoms with van der Waals surface area (Å²) < 4.78 is 55.1. The summed E-state index contributed by atoms with van der Waals surface area (Å²) in [4.78, 5) is 2.58. The standard InChI is InChI=1S/C30H43F4N3/c1-36-30(34)27(28(35-36)29(32)33)14-8-6-4-2-3-5-7-11-19-37(25-16-17-25)21-23-20-24(31)15-18-26(23)22-12-9-10-13-22/h15,18,20,22,25,29H,2-14,16-17,19,21H2,1H3. The van der Waals surface area contributed by atoms with E-state index in [1.807, 2.05) is 6.07 Å². The van der Waals surface area contributed by atoms with Gasteiger partial charge in [-0.15, -0.1) is 0 Å². The minimum Gasteiger partial charge on any atom is -0.296 e. The summed E-state index contributed by atoms with van der Waals surface area (Å²) in [5.41, 5.74) is 2.24. The molecule has 4 rings (SSSR count). The summed E-state index contributed by atoms with van der Waals surface area (Å²) in [6, 6.07) is 6.11. The van der Waals surface area contributed by atoms with Crippen LogP contribution in [0.1, 0.15) is 125 Å². The predicted molar refractivity (Wildman–Crippen MR) is 140 cm³/mol. The maximum absolute atomic E-state index is 14.1. The number of aromatic nitrogens is 2. The van der Waals surface area contributed by atoms with Crippen molar-refractivity contribution >= 4 is 0 Å². The van der Waals surface area contributed by atoms with Gasteiger partial charge in [0.15, 0.2) is 0 Å². The lowest BCUT2D eigenvalue weighted by atomic mass is 9.92. The molecule has 0 unspecified atom stereocenters. The molecule has 0 amide bonds. The van der Waals surface area contributed by atoms with Gasteiger partial charge < -0.3 is 0 Å². The molecular weight excluding hydrogens is 478 g/mol. The summed E-state index contributed by atoms with van der Waals surface area (Å²) in [5, 5.41) is 3.61. The second-order valence-corrected chi connectivity index (χ2v) is 11.2. The largest absolute Gasteiger partial charge is 0.296 e. The van der Waals surface area contributed by atoms with Crippen molar-refractivity contribution in [1.82, 2.24) is 14.7 Å². The van der Waals surface area contributed by atoms with Gasteiger partial charge in [0.1, 0.15) is 11.5 Å². The van der Waals surface area contributed by atoms with Crippen LogP contribution in [-0.2, 0) is 20.0 Å². The van der Waals surface area contributed by atoms with Gasteiger partial charge in [-0.25, -0.2) is 17.9 Å². The van der Waals surface area contributed by atoms with E-state index in [1.165, 1.54) is 82.4 Å². The molecule has 3 nitrogen and oxygen atoms in total. The van der Waals surface area contributed by atoms with E-state index in [4.69, 9.17) is 0 Å². The van der Waals surface area contributed by atoms with Crippen LogP contribution >= 0.6 is 0 Å². The highest BCUT2D eigenvalue weighted by Crippen LogP contribution is 2.37. The van der Waals surface area contributed by atoms with E-state index in [9.17, 15) is 17.6 Å². The van der Waals surface area contributed by atoms with E-state index in [0.717, 1.165) is 37.0 Å². The number of rotatable bonds is 16. The molecule has 206 valence electrons. The van der Waals surface area contributed by atoms with Crippen LogP contribution in [0.25, 0.3) is 0 Å². The molecule has 2 fully saturated rings. The molecule has 7 heteroatoms. The second kappa shape index (κ2) is 13.8. The molecule has 1 aromatic carbocycles. The number of hydrogen-bond donors (Lipinski definition) is 0. The van der Waals surface area contributed by atoms with E-state index >= 15 is 0 Å². The average Bonchev–Trinajstić information content (AvgIpc) is 3.50. The van der Waals surface area contributed by atoms with Crippen molar-refractivity contribution in [3.05, 3.63) is 52.3 Å². The van der Waals surface area contributed by atoms with Gasteiger partial charge in [0.25, 0.3) is 6.43 Å². The molecule has 2 aliphatic carbocycles. The fourth-order valence-electron chi connectivity index (χ4n) is 6.05. The molecule has 0 radical (unpaired) electrons. The first-order valence-corrected chi connectivity index (χ1v) is 14.5. The third-order valence-corrected chi connectivity index (χ3v) is 8.27. The molecule has 2 aromatic rings. The Balaban J connectivity index is 1.11. The first-order chi connectivity index (χ1) is 17.9. The fraction of sp³-hybridized carbons (Fsp3) is 0.700. The Labute approximate surface area is 219 Å². The lowest BCUT2D eigenvalue weighted by molar-refractivity contribution is 0.144. The Kier molecular flexibility index (Phi) is 10.5. The maximum Gasteiger partial charge on any atom is 0.282 e. The van der Waals surface area contributed by atoms with Gasteiger partial charge in [0.2, 0.25) is 5.95 Å². The fourth-order valence-corrected chi connectivity index (χ4v) is 6.05. The van der Waals surface area contributed by atoms with Crippen LogP contribution in [0.3, 0.4) is 0 Å². The van der Waals surface area contributed by atoms with Crippen LogP contribution in [-0.4, -0.2) is 27.3 Å². The van der Waals surface area contributed by atoms with Gasteiger partial charge in [0.05, 0.1) is 0 Å². The number of nitrogens with zero attached hydrogens (tertiary/aromatic N) is 3. The molecule has 0 atom stereocenters. The summed E-state index contributed by atoms with van der Waals surface area (Å²) in [5.74, 6) is -0.151. The van der Waals surface area contributed by atoms with Crippen molar-refractivity contribution in [2.75, 3.05) is 6.54 Å². The molecule has 2 saturated carbocycles. The van der Waals surface area contributed by atoms with Gasteiger partial charge in [-0.1, -0.05) is 57.4 Å². The molecule has 37 heavy (non-hydrogen) atoms. The van der Waals surface area contributed by atoms with Crippen molar-refractivity contribution in [3.8, 4) is 0 Å². The minimum absolute atomic E-state index is 0.0753. The van der Waals surface area contributed by atoms with E-state index in [1.54, 1.807) is 12.1 Å². The molecule has 0 aliphatic heterocycles. The molecule has 1 aromatic heterocycles. The minimum atomic E-state index is -2.73. The SMILES string of the molecule is Cn1nc(C(F)F)c(CCCCCCCCCCN(Cc2cc(F)ccc2C2CCCC2)C2CC2)c1F. The van der Waals surface area contributed by atoms with Gasteiger partial charge in [-0.2, -0.15) is 9.49 Å². The predicted octanol–water partition coefficient (Wildman–Crippen LogP) is 8.62. The normalized spacial score (nSPS) is 16.5. The molecule has 0 bridgehead atoms. The van der Waals surface area contributed by atoms with E-state index < -0.39 is 18.1 Å². The Hall–Kier alpha value is -1.89. The van der Waals surface area contributed by atoms with Gasteiger partial charge in [-0.3, -0.25) is 4.90 Å². The smallest absolute Gasteiger partial charge is 0.282 e. The molecular formula is C30H43F4N3. The number of unbranched alkanes of at least 4 members (excludes halogenated alkanes) is 7. The van der Waals surface area contributed by atoms with Crippen molar-refractivity contribution in [1.29, 1.82) is 0 Å². The highest BCUT2D eigenvalue weighted by molar-refractivity contribution is 5.32. The number of hydrogen-bond acceptors (Lipinski definition) is 2. The first kappa shape index (κ1) is 28.1. The first-order valence-electron chi connectivity index (χ1n) is 14.5. The van der Waals surface area contributed by atoms with Crippen LogP contribution < -0.4 is 0 Å². The number of benzene rings is 1. The average molecular weight is 522 g/mol. The third-order valence-electron chi connectivity index (χ3n) is 8.27. The topological polar surface area (TPSA) is 21.1 Å². The number of alkyl halides is 2. The molecule has 1 heterocycles. The van der Waals surface area contributed by atoms with Crippen molar-refractivity contribution in [2.45, 2.75) is 121 Å². The Bertz CT molecular complexity index is 979. The number of halogens is 4. The molecule has 0 N–H and O–H groups in total. The Morgan fingerprint density at radius 1 is 0.919 bits per heavy atom. The Morgan fingerprint density at radius 2 is 1.57 bits per heavy atom. The van der Waals surface area contributed by atoms with Crippen LogP contribution in [0.5, 0.6) is 0 Å². The number of aryl methyl sites for hydroxylation is 1. The lowest BCUT2D eigenvalue weighted by Crippen LogP contribution is -2.27. The van der Waals surface area contributed by atoms with E-state index in [-0.39, 0.29) is 11.4 Å². The summed E-state index contributed by atoms with van der Waals surface area (Å²) >= 11 is 0. The van der Waals surface area contributed by atoms with Crippen molar-refractivity contribution < 1.29 is 17.6 Å². The van der Waals surface area contributed by atoms with Crippen LogP contribution in [0.15, 0.2) is 18.2 Å². The highest BCUT2D eigenvalue weighted by atomic mass is 19.3. The third kappa shape index (κ3) is 8.05. The van der Waals surface area contributed by atoms with Crippen molar-refractivity contribution in [2.24, 2.45) is 7.05 Å². The van der Waals surface area contributed by atoms with Crippen LogP contribution in [0.4, 0.5) is 17.6 Å². The van der Waals surface area contributed by atoms with E-state index in [0.29, 0.717) is 24.8 Å². The summed E-state index contributed by atoms with van der Waals surface area (Å²) in [7, 11) is 1.36. The summed E-state index contributed by atoms with van der Waals surface area (Å²) in [6.45, 7) is 1.95. The summed E-state index contributed by atoms with van der Waals surface area (Å²) in [6.07, 6.45) is 13.7. The monoisotopic (exact) mass is 521 g/mol. The zero-order chi connectivity index (χ0) is 26.2. The van der Waals surface area contributed by atoms with Gasteiger partial charge in [0, 0.05) is 25.2 Å². The van der Waals surface area contributed by atoms with E-state index in [2.05, 4.69) is 10.00 Å². The van der Waals surface area contributed by atoms with Crippen LogP contribution in [0, 0.1) is 11.8 Å². The molecule has 0 saturated heterocycles. The highest BCUT2D eigenvalue weighted by Gasteiger charge is 2.30. The van der Waals surface area contributed by atoms with Gasteiger partial charge in [-0.05, 0) is 80.7 Å². The Morgan fingerprint density at radius 3 is 2.22 bits per heavy atom. The zero-order valence-electron chi connectivity index (χ0n) is 22.3. The quantitative estimate of drug-likeness (QED) is 0.163. The zero-order valence-corrected chi connectivity index (χ0v) is 22.3. The second-order valence-electron chi connectivity index (χ2n) is 11.2. The van der Waals surface area contributed by atoms with Crippen molar-refractivity contribution in [3.63, 3.8) is 0 Å². The van der Waals surface area contributed by atoms with Crippen LogP contribution in [0.2, 0.25) is 0 Å². The maximum atomic E-state index is 14.1. The van der Waals surface area contributed by atoms with Gasteiger partial charge >= 0.3 is 0 Å².